The molecule has 1 aromatic carbocycles. The molecule has 0 saturated heterocycles. The van der Waals surface area contributed by atoms with E-state index in [1.165, 1.54) is 24.5 Å². The van der Waals surface area contributed by atoms with E-state index >= 15 is 0 Å². The van der Waals surface area contributed by atoms with Crippen molar-refractivity contribution in [1.82, 2.24) is 4.98 Å². The quantitative estimate of drug-likeness (QED) is 0.893. The molecule has 5 heteroatoms. The van der Waals surface area contributed by atoms with Crippen molar-refractivity contribution in [2.75, 3.05) is 7.11 Å². The topological polar surface area (TPSA) is 48.1 Å². The fourth-order valence-corrected chi connectivity index (χ4v) is 2.24. The van der Waals surface area contributed by atoms with E-state index in [1.807, 2.05) is 0 Å². The van der Waals surface area contributed by atoms with Crippen LogP contribution in [-0.4, -0.2) is 12.1 Å². The Morgan fingerprint density at radius 2 is 2.31 bits per heavy atom. The predicted molar refractivity (Wildman–Crippen MR) is 62.0 cm³/mol. The summed E-state index contributed by atoms with van der Waals surface area (Å²) in [5, 5.41) is 0.593. The monoisotopic (exact) mass is 238 g/mol. The van der Waals surface area contributed by atoms with Gasteiger partial charge in [-0.25, -0.2) is 9.37 Å². The first kappa shape index (κ1) is 11.0. The number of benzene rings is 1. The molecule has 0 saturated carbocycles. The van der Waals surface area contributed by atoms with Crippen LogP contribution in [0, 0.1) is 5.82 Å². The molecule has 0 radical (unpaired) electrons. The first-order chi connectivity index (χ1) is 7.76. The molecular weight excluding hydrogens is 227 g/mol. The second kappa shape index (κ2) is 4.59. The summed E-state index contributed by atoms with van der Waals surface area (Å²) in [6.45, 7) is 0.411. The van der Waals surface area contributed by atoms with Gasteiger partial charge < -0.3 is 10.5 Å². The van der Waals surface area contributed by atoms with Gasteiger partial charge in [-0.1, -0.05) is 6.07 Å². The molecule has 2 N–H and O–H groups in total. The molecule has 0 aliphatic carbocycles. The van der Waals surface area contributed by atoms with Gasteiger partial charge in [-0.05, 0) is 12.1 Å². The van der Waals surface area contributed by atoms with Crippen LogP contribution in [0.15, 0.2) is 24.4 Å². The van der Waals surface area contributed by atoms with Gasteiger partial charge in [-0.15, -0.1) is 11.3 Å². The molecule has 0 amide bonds. The van der Waals surface area contributed by atoms with E-state index < -0.39 is 0 Å². The van der Waals surface area contributed by atoms with Crippen LogP contribution < -0.4 is 10.5 Å². The Bertz CT molecular complexity index is 498. The van der Waals surface area contributed by atoms with Gasteiger partial charge in [0.15, 0.2) is 0 Å². The lowest BCUT2D eigenvalue weighted by atomic mass is 10.2. The highest BCUT2D eigenvalue weighted by molar-refractivity contribution is 7.15. The zero-order valence-corrected chi connectivity index (χ0v) is 9.55. The van der Waals surface area contributed by atoms with E-state index in [9.17, 15) is 4.39 Å². The van der Waals surface area contributed by atoms with Gasteiger partial charge >= 0.3 is 0 Å². The summed E-state index contributed by atoms with van der Waals surface area (Å²) in [5.41, 5.74) is 5.89. The molecular formula is C11H11FN2OS. The van der Waals surface area contributed by atoms with Gasteiger partial charge in [0, 0.05) is 17.6 Å². The van der Waals surface area contributed by atoms with Crippen molar-refractivity contribution in [1.29, 1.82) is 0 Å². The third-order valence-electron chi connectivity index (χ3n) is 2.16. The Labute approximate surface area is 96.7 Å². The number of ether oxygens (including phenoxy) is 1. The zero-order valence-electron chi connectivity index (χ0n) is 8.74. The van der Waals surface area contributed by atoms with E-state index in [-0.39, 0.29) is 5.82 Å². The minimum absolute atomic E-state index is 0.336. The molecule has 0 bridgehead atoms. The zero-order chi connectivity index (χ0) is 11.5. The van der Waals surface area contributed by atoms with Crippen LogP contribution in [0.4, 0.5) is 4.39 Å². The highest BCUT2D eigenvalue weighted by Gasteiger charge is 2.14. The molecule has 2 aromatic rings. The largest absolute Gasteiger partial charge is 0.496 e. The summed E-state index contributed by atoms with van der Waals surface area (Å²) in [6, 6.07) is 4.71. The van der Waals surface area contributed by atoms with Crippen molar-refractivity contribution >= 4 is 11.3 Å². The lowest BCUT2D eigenvalue weighted by Gasteiger charge is -2.06. The maximum atomic E-state index is 13.7. The predicted octanol–water partition coefficient (Wildman–Crippen LogP) is 2.42. The first-order valence-corrected chi connectivity index (χ1v) is 5.55. The number of nitrogens with two attached hydrogens (primary N) is 1. The van der Waals surface area contributed by atoms with Crippen LogP contribution in [0.3, 0.4) is 0 Å². The minimum atomic E-state index is -0.336. The summed E-state index contributed by atoms with van der Waals surface area (Å²) in [7, 11) is 1.51. The molecule has 0 aliphatic rings. The molecule has 1 aromatic heterocycles. The fourth-order valence-electron chi connectivity index (χ4n) is 1.40. The second-order valence-electron chi connectivity index (χ2n) is 3.15. The summed E-state index contributed by atoms with van der Waals surface area (Å²) in [6.07, 6.45) is 1.66. The Morgan fingerprint density at radius 1 is 1.50 bits per heavy atom. The Kier molecular flexibility index (Phi) is 3.17. The van der Waals surface area contributed by atoms with Crippen molar-refractivity contribution in [3.63, 3.8) is 0 Å². The van der Waals surface area contributed by atoms with E-state index in [0.717, 1.165) is 4.88 Å². The van der Waals surface area contributed by atoms with Gasteiger partial charge in [0.1, 0.15) is 16.6 Å². The number of aromatic nitrogens is 1. The Hall–Kier alpha value is -1.46. The third kappa shape index (κ3) is 1.91. The maximum absolute atomic E-state index is 13.7. The van der Waals surface area contributed by atoms with Crippen molar-refractivity contribution in [2.24, 2.45) is 5.73 Å². The average molecular weight is 238 g/mol. The standard InChI is InChI=1S/C11H11FN2OS/c1-15-9-4-2-3-8(12)10(9)11-14-6-7(5-13)16-11/h2-4,6H,5,13H2,1H3. The molecule has 0 aliphatic heterocycles. The minimum Gasteiger partial charge on any atom is -0.496 e. The van der Waals surface area contributed by atoms with Crippen LogP contribution in [0.2, 0.25) is 0 Å². The summed E-state index contributed by atoms with van der Waals surface area (Å²) in [4.78, 5) is 5.06. The molecule has 2 rings (SSSR count). The smallest absolute Gasteiger partial charge is 0.137 e. The lowest BCUT2D eigenvalue weighted by molar-refractivity contribution is 0.413. The average Bonchev–Trinajstić information content (AvgIpc) is 2.76. The fraction of sp³-hybridized carbons (Fsp3) is 0.182. The number of methoxy groups -OCH3 is 1. The van der Waals surface area contributed by atoms with Crippen LogP contribution in [0.1, 0.15) is 4.88 Å². The molecule has 0 atom stereocenters. The van der Waals surface area contributed by atoms with Crippen molar-refractivity contribution in [2.45, 2.75) is 6.54 Å². The molecule has 16 heavy (non-hydrogen) atoms. The molecule has 3 nitrogen and oxygen atoms in total. The van der Waals surface area contributed by atoms with Crippen LogP contribution >= 0.6 is 11.3 Å². The number of hydrogen-bond donors (Lipinski definition) is 1. The third-order valence-corrected chi connectivity index (χ3v) is 3.20. The lowest BCUT2D eigenvalue weighted by Crippen LogP contribution is -1.91. The van der Waals surface area contributed by atoms with E-state index in [4.69, 9.17) is 10.5 Å². The number of halogens is 1. The number of nitrogens with zero attached hydrogens (tertiary/aromatic N) is 1. The molecule has 0 spiro atoms. The normalized spacial score (nSPS) is 10.4. The van der Waals surface area contributed by atoms with Crippen molar-refractivity contribution in [3.05, 3.63) is 35.1 Å². The SMILES string of the molecule is COc1cccc(F)c1-c1ncc(CN)s1. The number of rotatable bonds is 3. The van der Waals surface area contributed by atoms with Gasteiger partial charge in [-0.2, -0.15) is 0 Å². The van der Waals surface area contributed by atoms with Crippen LogP contribution in [-0.2, 0) is 6.54 Å². The van der Waals surface area contributed by atoms with Gasteiger partial charge in [-0.3, -0.25) is 0 Å². The maximum Gasteiger partial charge on any atom is 0.137 e. The van der Waals surface area contributed by atoms with Crippen molar-refractivity contribution < 1.29 is 9.13 Å². The van der Waals surface area contributed by atoms with Crippen LogP contribution in [0.25, 0.3) is 10.6 Å². The second-order valence-corrected chi connectivity index (χ2v) is 4.27. The van der Waals surface area contributed by atoms with E-state index in [0.29, 0.717) is 22.9 Å². The number of thiazole rings is 1. The van der Waals surface area contributed by atoms with Gasteiger partial charge in [0.05, 0.1) is 12.7 Å². The van der Waals surface area contributed by atoms with Gasteiger partial charge in [0.25, 0.3) is 0 Å². The summed E-state index contributed by atoms with van der Waals surface area (Å²) in [5.74, 6) is 0.148. The molecule has 1 heterocycles. The Balaban J connectivity index is 2.53. The number of hydrogen-bond acceptors (Lipinski definition) is 4. The van der Waals surface area contributed by atoms with Crippen LogP contribution in [0.5, 0.6) is 5.75 Å². The highest BCUT2D eigenvalue weighted by atomic mass is 32.1. The summed E-state index contributed by atoms with van der Waals surface area (Å²) < 4.78 is 18.8. The van der Waals surface area contributed by atoms with Gasteiger partial charge in [0.2, 0.25) is 0 Å². The molecule has 84 valence electrons. The molecule has 0 unspecified atom stereocenters. The van der Waals surface area contributed by atoms with Crippen molar-refractivity contribution in [3.8, 4) is 16.3 Å². The molecule has 0 fully saturated rings. The summed E-state index contributed by atoms with van der Waals surface area (Å²) >= 11 is 1.37. The first-order valence-electron chi connectivity index (χ1n) is 4.74. The highest BCUT2D eigenvalue weighted by Crippen LogP contribution is 2.34. The van der Waals surface area contributed by atoms with E-state index in [1.54, 1.807) is 18.3 Å². The van der Waals surface area contributed by atoms with E-state index in [2.05, 4.69) is 4.98 Å². The Morgan fingerprint density at radius 3 is 2.94 bits per heavy atom.